The number of halogens is 2. The van der Waals surface area contributed by atoms with Crippen molar-refractivity contribution >= 4 is 17.6 Å². The molecule has 170 valence electrons. The van der Waals surface area contributed by atoms with Gasteiger partial charge in [0.1, 0.15) is 18.0 Å². The van der Waals surface area contributed by atoms with E-state index < -0.39 is 11.8 Å². The number of benzene rings is 1. The Balaban J connectivity index is 1.38. The molecule has 33 heavy (non-hydrogen) atoms. The average Bonchev–Trinajstić information content (AvgIpc) is 3.44. The maximum atomic E-state index is 13.9. The lowest BCUT2D eigenvalue weighted by Gasteiger charge is -2.10. The first-order valence-corrected chi connectivity index (χ1v) is 10.6. The van der Waals surface area contributed by atoms with E-state index in [1.807, 2.05) is 19.1 Å². The van der Waals surface area contributed by atoms with Crippen molar-refractivity contribution in [3.8, 4) is 11.4 Å². The van der Waals surface area contributed by atoms with Gasteiger partial charge in [-0.1, -0.05) is 18.5 Å². The molecular weight excluding hydrogens is 449 g/mol. The van der Waals surface area contributed by atoms with E-state index in [0.717, 1.165) is 17.8 Å². The van der Waals surface area contributed by atoms with E-state index >= 15 is 0 Å². The summed E-state index contributed by atoms with van der Waals surface area (Å²) >= 11 is 5.76. The van der Waals surface area contributed by atoms with Crippen LogP contribution in [0.15, 0.2) is 42.9 Å². The van der Waals surface area contributed by atoms with Crippen molar-refractivity contribution in [1.29, 1.82) is 0 Å². The zero-order chi connectivity index (χ0) is 23.4. The fourth-order valence-electron chi connectivity index (χ4n) is 3.13. The standard InChI is InChI=1S/C21H21ClFN9O/c1-3-14-4-5-16(9-24-14)31-19(27-12-28-31)10-25-21(33)26-11-20-29-13(2)30-32(20)15-6-7-17(22)18(23)8-15/h4-9,12H,3,10-11H2,1-2H3,(H2,25,26,33). The van der Waals surface area contributed by atoms with Gasteiger partial charge in [0.25, 0.3) is 0 Å². The minimum Gasteiger partial charge on any atom is -0.331 e. The maximum absolute atomic E-state index is 13.9. The fourth-order valence-corrected chi connectivity index (χ4v) is 3.25. The fraction of sp³-hybridized carbons (Fsp3) is 0.238. The zero-order valence-corrected chi connectivity index (χ0v) is 18.7. The van der Waals surface area contributed by atoms with E-state index in [1.165, 1.54) is 23.1 Å². The molecule has 0 saturated heterocycles. The van der Waals surface area contributed by atoms with Crippen molar-refractivity contribution < 1.29 is 9.18 Å². The van der Waals surface area contributed by atoms with Crippen molar-refractivity contribution in [3.05, 3.63) is 76.9 Å². The van der Waals surface area contributed by atoms with Crippen LogP contribution in [-0.2, 0) is 19.5 Å². The molecule has 3 heterocycles. The van der Waals surface area contributed by atoms with Gasteiger partial charge < -0.3 is 10.6 Å². The first-order valence-electron chi connectivity index (χ1n) is 10.2. The van der Waals surface area contributed by atoms with Gasteiger partial charge in [-0.25, -0.2) is 28.5 Å². The van der Waals surface area contributed by atoms with E-state index in [4.69, 9.17) is 11.6 Å². The van der Waals surface area contributed by atoms with Gasteiger partial charge >= 0.3 is 6.03 Å². The molecule has 0 spiro atoms. The SMILES string of the molecule is CCc1ccc(-n2ncnc2CNC(=O)NCc2nc(C)nn2-c2ccc(Cl)c(F)c2)cn1. The third-order valence-corrected chi connectivity index (χ3v) is 5.08. The quantitative estimate of drug-likeness (QED) is 0.430. The smallest absolute Gasteiger partial charge is 0.315 e. The molecule has 10 nitrogen and oxygen atoms in total. The van der Waals surface area contributed by atoms with E-state index in [2.05, 4.69) is 35.8 Å². The Kier molecular flexibility index (Phi) is 6.59. The first kappa shape index (κ1) is 22.3. The summed E-state index contributed by atoms with van der Waals surface area (Å²) in [5.41, 5.74) is 2.17. The largest absolute Gasteiger partial charge is 0.331 e. The molecule has 3 aromatic heterocycles. The predicted molar refractivity (Wildman–Crippen MR) is 119 cm³/mol. The van der Waals surface area contributed by atoms with Gasteiger partial charge in [0.05, 0.1) is 35.7 Å². The lowest BCUT2D eigenvalue weighted by Crippen LogP contribution is -2.36. The number of nitrogens with one attached hydrogen (secondary N) is 2. The van der Waals surface area contributed by atoms with Gasteiger partial charge in [-0.3, -0.25) is 4.98 Å². The summed E-state index contributed by atoms with van der Waals surface area (Å²) in [5, 5.41) is 14.0. The van der Waals surface area contributed by atoms with E-state index in [0.29, 0.717) is 23.2 Å². The molecule has 1 aromatic carbocycles. The zero-order valence-electron chi connectivity index (χ0n) is 18.0. The molecule has 0 radical (unpaired) electrons. The van der Waals surface area contributed by atoms with Crippen molar-refractivity contribution in [2.24, 2.45) is 0 Å². The second-order valence-corrected chi connectivity index (χ2v) is 7.48. The average molecular weight is 470 g/mol. The molecule has 0 aliphatic rings. The Labute approximate surface area is 193 Å². The van der Waals surface area contributed by atoms with E-state index in [1.54, 1.807) is 23.9 Å². The van der Waals surface area contributed by atoms with Crippen molar-refractivity contribution in [1.82, 2.24) is 45.1 Å². The highest BCUT2D eigenvalue weighted by Crippen LogP contribution is 2.19. The highest BCUT2D eigenvalue weighted by Gasteiger charge is 2.14. The predicted octanol–water partition coefficient (Wildman–Crippen LogP) is 2.91. The molecule has 2 amide bonds. The Morgan fingerprint density at radius 2 is 1.82 bits per heavy atom. The molecule has 0 saturated carbocycles. The third kappa shape index (κ3) is 5.14. The lowest BCUT2D eigenvalue weighted by atomic mass is 10.3. The number of carbonyl (C=O) groups is 1. The normalized spacial score (nSPS) is 10.9. The molecule has 12 heteroatoms. The minimum absolute atomic E-state index is 0.0135. The highest BCUT2D eigenvalue weighted by molar-refractivity contribution is 6.30. The Hall–Kier alpha value is -3.86. The molecule has 4 rings (SSSR count). The number of pyridine rings is 1. The summed E-state index contributed by atoms with van der Waals surface area (Å²) < 4.78 is 16.9. The van der Waals surface area contributed by atoms with Gasteiger partial charge in [0.2, 0.25) is 0 Å². The molecule has 0 fully saturated rings. The number of urea groups is 1. The van der Waals surface area contributed by atoms with Crippen LogP contribution in [0.2, 0.25) is 5.02 Å². The van der Waals surface area contributed by atoms with Crippen LogP contribution in [0.4, 0.5) is 9.18 Å². The molecule has 0 aliphatic heterocycles. The summed E-state index contributed by atoms with van der Waals surface area (Å²) in [6.07, 6.45) is 3.97. The third-order valence-electron chi connectivity index (χ3n) is 4.78. The molecule has 0 bridgehead atoms. The van der Waals surface area contributed by atoms with Gasteiger partial charge in [0, 0.05) is 11.8 Å². The lowest BCUT2D eigenvalue weighted by molar-refractivity contribution is 0.239. The number of carbonyl (C=O) groups excluding carboxylic acids is 1. The maximum Gasteiger partial charge on any atom is 0.315 e. The first-order chi connectivity index (χ1) is 15.9. The van der Waals surface area contributed by atoms with Gasteiger partial charge in [-0.05, 0) is 37.6 Å². The van der Waals surface area contributed by atoms with Crippen LogP contribution in [0.25, 0.3) is 11.4 Å². The summed E-state index contributed by atoms with van der Waals surface area (Å²) in [4.78, 5) is 25.2. The minimum atomic E-state index is -0.567. The van der Waals surface area contributed by atoms with E-state index in [-0.39, 0.29) is 18.1 Å². The van der Waals surface area contributed by atoms with Gasteiger partial charge in [-0.15, -0.1) is 0 Å². The Morgan fingerprint density at radius 1 is 1.06 bits per heavy atom. The molecule has 2 N–H and O–H groups in total. The van der Waals surface area contributed by atoms with Crippen LogP contribution < -0.4 is 10.6 Å². The summed E-state index contributed by atoms with van der Waals surface area (Å²) in [6, 6.07) is 7.71. The highest BCUT2D eigenvalue weighted by atomic mass is 35.5. The van der Waals surface area contributed by atoms with Crippen LogP contribution in [0.1, 0.15) is 30.1 Å². The van der Waals surface area contributed by atoms with Crippen molar-refractivity contribution in [2.45, 2.75) is 33.4 Å². The number of amides is 2. The monoisotopic (exact) mass is 469 g/mol. The van der Waals surface area contributed by atoms with Crippen LogP contribution in [-0.4, -0.2) is 40.5 Å². The molecule has 0 unspecified atom stereocenters. The van der Waals surface area contributed by atoms with Gasteiger partial charge in [-0.2, -0.15) is 10.2 Å². The van der Waals surface area contributed by atoms with Crippen molar-refractivity contribution in [3.63, 3.8) is 0 Å². The number of nitrogens with zero attached hydrogens (tertiary/aromatic N) is 7. The summed E-state index contributed by atoms with van der Waals surface area (Å²) in [7, 11) is 0. The second kappa shape index (κ2) is 9.74. The number of aromatic nitrogens is 7. The summed E-state index contributed by atoms with van der Waals surface area (Å²) in [6.45, 7) is 3.96. The number of rotatable bonds is 7. The second-order valence-electron chi connectivity index (χ2n) is 7.07. The van der Waals surface area contributed by atoms with Gasteiger partial charge in [0.15, 0.2) is 11.6 Å². The summed E-state index contributed by atoms with van der Waals surface area (Å²) in [5.74, 6) is 0.905. The van der Waals surface area contributed by atoms with Crippen molar-refractivity contribution in [2.75, 3.05) is 0 Å². The number of hydrogen-bond acceptors (Lipinski definition) is 6. The van der Waals surface area contributed by atoms with E-state index in [9.17, 15) is 9.18 Å². The molecule has 0 atom stereocenters. The number of aryl methyl sites for hydroxylation is 2. The molecule has 0 aliphatic carbocycles. The van der Waals surface area contributed by atoms with Crippen LogP contribution in [0.5, 0.6) is 0 Å². The number of hydrogen-bond donors (Lipinski definition) is 2. The molecular formula is C21H21ClFN9O. The topological polar surface area (TPSA) is 115 Å². The Bertz CT molecular complexity index is 1270. The van der Waals surface area contributed by atoms with Crippen LogP contribution in [0, 0.1) is 12.7 Å². The molecule has 4 aromatic rings. The Morgan fingerprint density at radius 3 is 2.52 bits per heavy atom. The van der Waals surface area contributed by atoms with Crippen LogP contribution >= 0.6 is 11.6 Å². The van der Waals surface area contributed by atoms with Crippen LogP contribution in [0.3, 0.4) is 0 Å².